The summed E-state index contributed by atoms with van der Waals surface area (Å²) in [5.74, 6) is 1.96. The van der Waals surface area contributed by atoms with Gasteiger partial charge in [-0.3, -0.25) is 4.79 Å². The number of carbonyl (C=O) groups is 1. The van der Waals surface area contributed by atoms with E-state index in [4.69, 9.17) is 4.74 Å². The number of amides is 1. The average Bonchev–Trinajstić information content (AvgIpc) is 3.53. The van der Waals surface area contributed by atoms with E-state index >= 15 is 0 Å². The summed E-state index contributed by atoms with van der Waals surface area (Å²) in [6.45, 7) is 3.12. The number of ether oxygens (including phenoxy) is 1. The molecular formula is C18H21N5O2. The van der Waals surface area contributed by atoms with E-state index in [2.05, 4.69) is 19.9 Å². The minimum atomic E-state index is -0.148. The van der Waals surface area contributed by atoms with E-state index in [0.717, 1.165) is 56.5 Å². The predicted molar refractivity (Wildman–Crippen MR) is 94.0 cm³/mol. The van der Waals surface area contributed by atoms with Crippen molar-refractivity contribution in [3.05, 3.63) is 42.1 Å². The molecular weight excluding hydrogens is 318 g/mol. The van der Waals surface area contributed by atoms with Gasteiger partial charge in [-0.15, -0.1) is 0 Å². The van der Waals surface area contributed by atoms with Gasteiger partial charge in [0.2, 0.25) is 0 Å². The second kappa shape index (κ2) is 6.76. The summed E-state index contributed by atoms with van der Waals surface area (Å²) in [4.78, 5) is 29.7. The van der Waals surface area contributed by atoms with Gasteiger partial charge in [-0.05, 0) is 31.0 Å². The maximum atomic E-state index is 12.7. The number of pyridine rings is 1. The molecule has 1 amide bonds. The third kappa shape index (κ3) is 3.46. The lowest BCUT2D eigenvalue weighted by atomic mass is 10.3. The van der Waals surface area contributed by atoms with Crippen LogP contribution in [0.5, 0.6) is 0 Å². The molecule has 0 atom stereocenters. The molecule has 7 heteroatoms. The monoisotopic (exact) mass is 339 g/mol. The lowest BCUT2D eigenvalue weighted by Crippen LogP contribution is -2.36. The van der Waals surface area contributed by atoms with E-state index in [0.29, 0.717) is 11.6 Å². The Balaban J connectivity index is 1.48. The molecule has 0 spiro atoms. The quantitative estimate of drug-likeness (QED) is 0.847. The van der Waals surface area contributed by atoms with Crippen LogP contribution in [-0.4, -0.2) is 54.2 Å². The molecule has 7 nitrogen and oxygen atoms in total. The first-order valence-corrected chi connectivity index (χ1v) is 8.62. The molecule has 2 aromatic heterocycles. The molecule has 1 saturated carbocycles. The fraction of sp³-hybridized carbons (Fsp3) is 0.444. The molecule has 2 aliphatic rings. The molecule has 4 rings (SSSR count). The molecule has 0 unspecified atom stereocenters. The van der Waals surface area contributed by atoms with E-state index in [-0.39, 0.29) is 5.91 Å². The van der Waals surface area contributed by atoms with E-state index in [9.17, 15) is 4.79 Å². The van der Waals surface area contributed by atoms with Crippen molar-refractivity contribution in [1.82, 2.24) is 15.0 Å². The van der Waals surface area contributed by atoms with Gasteiger partial charge >= 0.3 is 0 Å². The number of hydrogen-bond donors (Lipinski definition) is 0. The van der Waals surface area contributed by atoms with Crippen molar-refractivity contribution in [2.45, 2.75) is 18.8 Å². The highest BCUT2D eigenvalue weighted by atomic mass is 16.5. The first kappa shape index (κ1) is 16.0. The summed E-state index contributed by atoms with van der Waals surface area (Å²) in [5.41, 5.74) is 1.17. The van der Waals surface area contributed by atoms with Crippen molar-refractivity contribution in [2.24, 2.45) is 0 Å². The Morgan fingerprint density at radius 3 is 2.68 bits per heavy atom. The molecule has 1 aliphatic carbocycles. The minimum Gasteiger partial charge on any atom is -0.378 e. The van der Waals surface area contributed by atoms with Gasteiger partial charge in [0, 0.05) is 32.3 Å². The first-order valence-electron chi connectivity index (χ1n) is 8.62. The maximum absolute atomic E-state index is 12.7. The van der Waals surface area contributed by atoms with E-state index in [1.807, 2.05) is 12.1 Å². The number of rotatable bonds is 4. The van der Waals surface area contributed by atoms with Gasteiger partial charge in [0.05, 0.1) is 25.1 Å². The predicted octanol–water partition coefficient (Wildman–Crippen LogP) is 1.86. The molecule has 2 fully saturated rings. The Morgan fingerprint density at radius 1 is 1.20 bits per heavy atom. The van der Waals surface area contributed by atoms with Crippen LogP contribution in [0.2, 0.25) is 0 Å². The van der Waals surface area contributed by atoms with Crippen molar-refractivity contribution in [3.63, 3.8) is 0 Å². The van der Waals surface area contributed by atoms with Crippen LogP contribution in [-0.2, 0) is 4.74 Å². The Labute approximate surface area is 146 Å². The zero-order chi connectivity index (χ0) is 17.2. The number of carbonyl (C=O) groups excluding carboxylic acids is 1. The van der Waals surface area contributed by atoms with Crippen LogP contribution >= 0.6 is 0 Å². The Hall–Kier alpha value is -2.54. The highest BCUT2D eigenvalue weighted by molar-refractivity contribution is 6.04. The van der Waals surface area contributed by atoms with Crippen LogP contribution in [0.25, 0.3) is 0 Å². The van der Waals surface area contributed by atoms with Gasteiger partial charge in [0.1, 0.15) is 17.3 Å². The van der Waals surface area contributed by atoms with E-state index in [1.165, 1.54) is 0 Å². The second-order valence-corrected chi connectivity index (χ2v) is 6.41. The van der Waals surface area contributed by atoms with Crippen LogP contribution in [0.3, 0.4) is 0 Å². The van der Waals surface area contributed by atoms with E-state index < -0.39 is 0 Å². The van der Waals surface area contributed by atoms with Gasteiger partial charge in [0.25, 0.3) is 5.91 Å². The summed E-state index contributed by atoms with van der Waals surface area (Å²) in [6, 6.07) is 5.53. The van der Waals surface area contributed by atoms with Crippen LogP contribution in [0.4, 0.5) is 11.5 Å². The van der Waals surface area contributed by atoms with Crippen LogP contribution in [0, 0.1) is 0 Å². The topological polar surface area (TPSA) is 71.5 Å². The molecule has 130 valence electrons. The summed E-state index contributed by atoms with van der Waals surface area (Å²) >= 11 is 0. The van der Waals surface area contributed by atoms with Gasteiger partial charge in [-0.1, -0.05) is 0 Å². The largest absolute Gasteiger partial charge is 0.378 e. The smallest absolute Gasteiger partial charge is 0.276 e. The molecule has 0 N–H and O–H groups in total. The average molecular weight is 339 g/mol. The van der Waals surface area contributed by atoms with Gasteiger partial charge in [-0.2, -0.15) is 0 Å². The SMILES string of the molecule is CN(C(=O)c1ccnc(C2CC2)n1)c1ccc(N2CCOCC2)nc1. The summed E-state index contributed by atoms with van der Waals surface area (Å²) in [5, 5.41) is 0. The molecule has 1 aliphatic heterocycles. The maximum Gasteiger partial charge on any atom is 0.276 e. The summed E-state index contributed by atoms with van der Waals surface area (Å²) in [7, 11) is 1.74. The lowest BCUT2D eigenvalue weighted by molar-refractivity contribution is 0.0987. The van der Waals surface area contributed by atoms with Crippen molar-refractivity contribution >= 4 is 17.4 Å². The third-order valence-electron chi connectivity index (χ3n) is 4.60. The molecule has 2 aromatic rings. The number of nitrogens with zero attached hydrogens (tertiary/aromatic N) is 5. The molecule has 3 heterocycles. The van der Waals surface area contributed by atoms with Gasteiger partial charge in [0.15, 0.2) is 0 Å². The zero-order valence-electron chi connectivity index (χ0n) is 14.3. The number of anilines is 2. The highest BCUT2D eigenvalue weighted by Gasteiger charge is 2.27. The van der Waals surface area contributed by atoms with Crippen LogP contribution in [0.15, 0.2) is 30.6 Å². The normalized spacial score (nSPS) is 17.4. The minimum absolute atomic E-state index is 0.148. The summed E-state index contributed by atoms with van der Waals surface area (Å²) < 4.78 is 5.36. The number of aromatic nitrogens is 3. The standard InChI is InChI=1S/C18H21N5O2/c1-22(18(24)15-6-7-19-17(21-15)13-2-3-13)14-4-5-16(20-12-14)23-8-10-25-11-9-23/h4-7,12-13H,2-3,8-11H2,1H3. The number of morpholine rings is 1. The van der Waals surface area contributed by atoms with E-state index in [1.54, 1.807) is 30.4 Å². The molecule has 0 aromatic carbocycles. The highest BCUT2D eigenvalue weighted by Crippen LogP contribution is 2.37. The van der Waals surface area contributed by atoms with Crippen molar-refractivity contribution < 1.29 is 9.53 Å². The molecule has 0 bridgehead atoms. The Bertz CT molecular complexity index is 754. The van der Waals surface area contributed by atoms with Crippen molar-refractivity contribution in [1.29, 1.82) is 0 Å². The molecule has 0 radical (unpaired) electrons. The number of hydrogen-bond acceptors (Lipinski definition) is 6. The van der Waals surface area contributed by atoms with Crippen LogP contribution in [0.1, 0.15) is 35.1 Å². The van der Waals surface area contributed by atoms with Gasteiger partial charge < -0.3 is 14.5 Å². The zero-order valence-corrected chi connectivity index (χ0v) is 14.3. The third-order valence-corrected chi connectivity index (χ3v) is 4.60. The second-order valence-electron chi connectivity index (χ2n) is 6.41. The first-order chi connectivity index (χ1) is 12.2. The van der Waals surface area contributed by atoms with Crippen molar-refractivity contribution in [3.8, 4) is 0 Å². The Kier molecular flexibility index (Phi) is 4.31. The lowest BCUT2D eigenvalue weighted by Gasteiger charge is -2.28. The van der Waals surface area contributed by atoms with Crippen molar-refractivity contribution in [2.75, 3.05) is 43.2 Å². The fourth-order valence-electron chi connectivity index (χ4n) is 2.88. The van der Waals surface area contributed by atoms with Crippen LogP contribution < -0.4 is 9.80 Å². The Morgan fingerprint density at radius 2 is 2.00 bits per heavy atom. The summed E-state index contributed by atoms with van der Waals surface area (Å²) in [6.07, 6.45) is 5.62. The fourth-order valence-corrected chi connectivity index (χ4v) is 2.88. The molecule has 1 saturated heterocycles. The van der Waals surface area contributed by atoms with Gasteiger partial charge in [-0.25, -0.2) is 15.0 Å². The molecule has 25 heavy (non-hydrogen) atoms.